The smallest absolute Gasteiger partial charge is 0.530 e. The number of carboxylic acid groups (broad SMARTS) is 1. The van der Waals surface area contributed by atoms with E-state index < -0.39 is 6.09 Å². The fourth-order valence-corrected chi connectivity index (χ4v) is 0.642. The normalized spacial score (nSPS) is 15.3. The predicted octanol–water partition coefficient (Wildman–Crippen LogP) is -3.45. The molecule has 0 aromatic heterocycles. The van der Waals surface area contributed by atoms with Crippen molar-refractivity contribution in [2.24, 2.45) is 0 Å². The number of nitrogens with zero attached hydrogens (tertiary/aromatic N) is 1. The van der Waals surface area contributed by atoms with E-state index in [1.807, 2.05) is 0 Å². The summed E-state index contributed by atoms with van der Waals surface area (Å²) in [5.41, 5.74) is 0. The molecule has 0 aromatic carbocycles. The summed E-state index contributed by atoms with van der Waals surface area (Å²) in [6, 6.07) is 0. The van der Waals surface area contributed by atoms with E-state index in [9.17, 15) is 9.90 Å². The predicted molar refractivity (Wildman–Crippen MR) is 25.9 cm³/mol. The standard InChI is InChI=1S/C5H7NO2.Rb/c7-5(8)6-3-1-2-4-6;/h1,3H,2,4H2,(H,7,8);/q;+1/p-1. The summed E-state index contributed by atoms with van der Waals surface area (Å²) in [6.07, 6.45) is 3.03. The van der Waals surface area contributed by atoms with Crippen molar-refractivity contribution in [3.63, 3.8) is 0 Å². The van der Waals surface area contributed by atoms with Crippen LogP contribution in [0.3, 0.4) is 0 Å². The fourth-order valence-electron chi connectivity index (χ4n) is 0.642. The molecule has 1 amide bonds. The average molecular weight is 198 g/mol. The first kappa shape index (κ1) is 9.82. The summed E-state index contributed by atoms with van der Waals surface area (Å²) in [5.74, 6) is 0. The first-order valence-corrected chi connectivity index (χ1v) is 2.45. The van der Waals surface area contributed by atoms with E-state index in [0.717, 1.165) is 11.3 Å². The van der Waals surface area contributed by atoms with Crippen molar-refractivity contribution in [1.82, 2.24) is 4.90 Å². The molecule has 0 N–H and O–H groups in total. The van der Waals surface area contributed by atoms with Crippen LogP contribution in [0.5, 0.6) is 0 Å². The Bertz CT molecular complexity index is 135. The monoisotopic (exact) mass is 197 g/mol. The van der Waals surface area contributed by atoms with Gasteiger partial charge in [0, 0.05) is 12.7 Å². The minimum atomic E-state index is -1.11. The second-order valence-electron chi connectivity index (χ2n) is 1.63. The Morgan fingerprint density at radius 1 is 1.67 bits per heavy atom. The molecule has 0 saturated heterocycles. The van der Waals surface area contributed by atoms with Crippen molar-refractivity contribution in [2.75, 3.05) is 6.54 Å². The van der Waals surface area contributed by atoms with E-state index in [-0.39, 0.29) is 58.2 Å². The minimum absolute atomic E-state index is 0. The van der Waals surface area contributed by atoms with Gasteiger partial charge in [-0.3, -0.25) is 0 Å². The fraction of sp³-hybridized carbons (Fsp3) is 0.400. The molecule has 1 rings (SSSR count). The summed E-state index contributed by atoms with van der Waals surface area (Å²) < 4.78 is 0. The van der Waals surface area contributed by atoms with E-state index in [0.29, 0.717) is 6.54 Å². The number of carbonyl (C=O) groups excluding carboxylic acids is 1. The van der Waals surface area contributed by atoms with Gasteiger partial charge in [-0.1, -0.05) is 6.08 Å². The van der Waals surface area contributed by atoms with Crippen molar-refractivity contribution < 1.29 is 68.1 Å². The molecule has 1 aliphatic rings. The Hall–Kier alpha value is 0.815. The molecule has 0 unspecified atom stereocenters. The van der Waals surface area contributed by atoms with Crippen molar-refractivity contribution in [3.8, 4) is 0 Å². The molecule has 0 spiro atoms. The zero-order chi connectivity index (χ0) is 5.98. The molecule has 0 bridgehead atoms. The van der Waals surface area contributed by atoms with Crippen LogP contribution >= 0.6 is 0 Å². The molecule has 1 aliphatic heterocycles. The van der Waals surface area contributed by atoms with Gasteiger partial charge in [0.2, 0.25) is 0 Å². The van der Waals surface area contributed by atoms with Crippen LogP contribution < -0.4 is 63.3 Å². The molecule has 0 radical (unpaired) electrons. The second-order valence-corrected chi connectivity index (χ2v) is 1.63. The van der Waals surface area contributed by atoms with Gasteiger partial charge in [0.05, 0.1) is 0 Å². The van der Waals surface area contributed by atoms with Crippen LogP contribution in [0.1, 0.15) is 6.42 Å². The SMILES string of the molecule is O=C([O-])N1C=CCC1.[Rb+]. The molecule has 3 nitrogen and oxygen atoms in total. The third kappa shape index (κ3) is 2.93. The van der Waals surface area contributed by atoms with Gasteiger partial charge < -0.3 is 14.8 Å². The Balaban J connectivity index is 0.000000640. The molecule has 0 aromatic rings. The number of hydrogen-bond acceptors (Lipinski definition) is 2. The van der Waals surface area contributed by atoms with Crippen LogP contribution in [0.2, 0.25) is 0 Å². The van der Waals surface area contributed by atoms with E-state index in [1.54, 1.807) is 6.08 Å². The molecule has 44 valence electrons. The van der Waals surface area contributed by atoms with Crippen LogP contribution in [0.25, 0.3) is 0 Å². The van der Waals surface area contributed by atoms with E-state index in [1.165, 1.54) is 6.20 Å². The van der Waals surface area contributed by atoms with Gasteiger partial charge in [-0.25, -0.2) is 0 Å². The number of carbonyl (C=O) groups is 1. The Labute approximate surface area is 103 Å². The van der Waals surface area contributed by atoms with Crippen molar-refractivity contribution in [2.45, 2.75) is 6.42 Å². The maximum absolute atomic E-state index is 9.97. The van der Waals surface area contributed by atoms with Crippen molar-refractivity contribution in [1.29, 1.82) is 0 Å². The molecule has 9 heavy (non-hydrogen) atoms. The van der Waals surface area contributed by atoms with Crippen LogP contribution in [0, 0.1) is 0 Å². The summed E-state index contributed by atoms with van der Waals surface area (Å²) in [5, 5.41) is 9.97. The molecule has 4 heteroatoms. The number of rotatable bonds is 0. The maximum Gasteiger partial charge on any atom is 1.00 e. The third-order valence-electron chi connectivity index (χ3n) is 1.06. The zero-order valence-corrected chi connectivity index (χ0v) is 10.2. The molecule has 0 fully saturated rings. The average Bonchev–Trinajstić information content (AvgIpc) is 2.12. The molecule has 1 heterocycles. The van der Waals surface area contributed by atoms with E-state index >= 15 is 0 Å². The van der Waals surface area contributed by atoms with Crippen molar-refractivity contribution in [3.05, 3.63) is 12.3 Å². The zero-order valence-electron chi connectivity index (χ0n) is 5.33. The molecular formula is C5H6NO2Rb. The largest absolute Gasteiger partial charge is 1.00 e. The van der Waals surface area contributed by atoms with Gasteiger partial charge >= 0.3 is 58.2 Å². The van der Waals surface area contributed by atoms with Gasteiger partial charge in [-0.2, -0.15) is 0 Å². The molecule has 0 atom stereocenters. The summed E-state index contributed by atoms with van der Waals surface area (Å²) >= 11 is 0. The van der Waals surface area contributed by atoms with E-state index in [2.05, 4.69) is 0 Å². The Morgan fingerprint density at radius 2 is 2.33 bits per heavy atom. The Kier molecular flexibility index (Phi) is 5.02. The summed E-state index contributed by atoms with van der Waals surface area (Å²) in [4.78, 5) is 11.1. The van der Waals surface area contributed by atoms with Gasteiger partial charge in [0.25, 0.3) is 0 Å². The van der Waals surface area contributed by atoms with Crippen LogP contribution in [-0.4, -0.2) is 17.5 Å². The number of hydrogen-bond donors (Lipinski definition) is 0. The van der Waals surface area contributed by atoms with Gasteiger partial charge in [0.15, 0.2) is 0 Å². The molecule has 0 saturated carbocycles. The first-order valence-electron chi connectivity index (χ1n) is 2.45. The molecular weight excluding hydrogens is 192 g/mol. The Morgan fingerprint density at radius 3 is 2.56 bits per heavy atom. The summed E-state index contributed by atoms with van der Waals surface area (Å²) in [7, 11) is 0. The second kappa shape index (κ2) is 4.60. The maximum atomic E-state index is 9.97. The quantitative estimate of drug-likeness (QED) is 0.406. The van der Waals surface area contributed by atoms with E-state index in [4.69, 9.17) is 0 Å². The minimum Gasteiger partial charge on any atom is -0.530 e. The van der Waals surface area contributed by atoms with Crippen LogP contribution in [0.4, 0.5) is 4.79 Å². The molecule has 0 aliphatic carbocycles. The van der Waals surface area contributed by atoms with Gasteiger partial charge in [0.1, 0.15) is 6.09 Å². The van der Waals surface area contributed by atoms with Crippen molar-refractivity contribution >= 4 is 6.09 Å². The topological polar surface area (TPSA) is 43.4 Å². The van der Waals surface area contributed by atoms with Gasteiger partial charge in [-0.15, -0.1) is 0 Å². The third-order valence-corrected chi connectivity index (χ3v) is 1.06. The summed E-state index contributed by atoms with van der Waals surface area (Å²) in [6.45, 7) is 0.558. The number of amides is 1. The first-order chi connectivity index (χ1) is 3.80. The van der Waals surface area contributed by atoms with Crippen LogP contribution in [0.15, 0.2) is 12.3 Å². The van der Waals surface area contributed by atoms with Gasteiger partial charge in [-0.05, 0) is 6.42 Å². The van der Waals surface area contributed by atoms with Crippen LogP contribution in [-0.2, 0) is 0 Å².